The SMILES string of the molecule is C1=CC2CCCCC[SiH2]C2=C1. The molecule has 0 amide bonds. The van der Waals surface area contributed by atoms with Crippen LogP contribution >= 0.6 is 0 Å². The van der Waals surface area contributed by atoms with Crippen molar-refractivity contribution in [1.82, 2.24) is 0 Å². The van der Waals surface area contributed by atoms with Gasteiger partial charge in [-0.1, -0.05) is 48.7 Å². The second-order valence-electron chi connectivity index (χ2n) is 3.69. The maximum atomic E-state index is 2.41. The Bertz CT molecular complexity index is 191. The van der Waals surface area contributed by atoms with E-state index < -0.39 is 0 Å². The first kappa shape index (κ1) is 7.35. The molecule has 0 aromatic carbocycles. The molecule has 0 spiro atoms. The maximum absolute atomic E-state index is 2.41. The fourth-order valence-corrected chi connectivity index (χ4v) is 4.18. The summed E-state index contributed by atoms with van der Waals surface area (Å²) in [5.41, 5.74) is 0. The van der Waals surface area contributed by atoms with Gasteiger partial charge < -0.3 is 0 Å². The highest BCUT2D eigenvalue weighted by Gasteiger charge is 2.15. The van der Waals surface area contributed by atoms with E-state index in [0.717, 1.165) is 5.92 Å². The van der Waals surface area contributed by atoms with Gasteiger partial charge in [0.15, 0.2) is 0 Å². The van der Waals surface area contributed by atoms with Crippen LogP contribution in [0.5, 0.6) is 0 Å². The van der Waals surface area contributed by atoms with E-state index in [9.17, 15) is 0 Å². The van der Waals surface area contributed by atoms with Crippen molar-refractivity contribution in [2.24, 2.45) is 5.92 Å². The van der Waals surface area contributed by atoms with E-state index in [1.54, 1.807) is 6.04 Å². The van der Waals surface area contributed by atoms with E-state index in [4.69, 9.17) is 0 Å². The molecule has 1 heteroatoms. The largest absolute Gasteiger partial charge is 0.0812 e. The van der Waals surface area contributed by atoms with Crippen molar-refractivity contribution in [3.05, 3.63) is 23.4 Å². The minimum Gasteiger partial charge on any atom is -0.0812 e. The third kappa shape index (κ3) is 1.64. The molecule has 1 atom stereocenters. The summed E-state index contributed by atoms with van der Waals surface area (Å²) in [7, 11) is 0.179. The summed E-state index contributed by atoms with van der Waals surface area (Å²) in [6, 6.07) is 1.56. The van der Waals surface area contributed by atoms with Crippen LogP contribution in [0.1, 0.15) is 25.7 Å². The van der Waals surface area contributed by atoms with Crippen LogP contribution in [-0.2, 0) is 0 Å². The number of rotatable bonds is 0. The zero-order valence-electron chi connectivity index (χ0n) is 7.05. The Morgan fingerprint density at radius 2 is 2.27 bits per heavy atom. The van der Waals surface area contributed by atoms with Crippen molar-refractivity contribution < 1.29 is 0 Å². The molecule has 1 unspecified atom stereocenters. The minimum absolute atomic E-state index is 0.179. The van der Waals surface area contributed by atoms with Gasteiger partial charge in [-0.15, -0.1) is 0 Å². The fourth-order valence-electron chi connectivity index (χ4n) is 2.16. The molecule has 0 aromatic heterocycles. The third-order valence-corrected chi connectivity index (χ3v) is 5.05. The van der Waals surface area contributed by atoms with Gasteiger partial charge in [-0.2, -0.15) is 0 Å². The molecule has 1 aliphatic carbocycles. The average Bonchev–Trinajstić information content (AvgIpc) is 2.35. The third-order valence-electron chi connectivity index (χ3n) is 2.86. The minimum atomic E-state index is 0.179. The zero-order chi connectivity index (χ0) is 7.52. The average molecular weight is 164 g/mol. The summed E-state index contributed by atoms with van der Waals surface area (Å²) in [6.45, 7) is 0. The van der Waals surface area contributed by atoms with Gasteiger partial charge in [-0.25, -0.2) is 0 Å². The van der Waals surface area contributed by atoms with Crippen LogP contribution < -0.4 is 0 Å². The van der Waals surface area contributed by atoms with E-state index in [2.05, 4.69) is 18.2 Å². The number of fused-ring (bicyclic) bond motifs is 1. The summed E-state index contributed by atoms with van der Waals surface area (Å²) in [6.07, 6.45) is 13.0. The zero-order valence-corrected chi connectivity index (χ0v) is 8.47. The molecular formula is C10H16Si. The molecule has 11 heavy (non-hydrogen) atoms. The Labute approximate surface area is 71.2 Å². The Kier molecular flexibility index (Phi) is 2.27. The number of allylic oxidation sites excluding steroid dienone is 4. The van der Waals surface area contributed by atoms with Gasteiger partial charge in [-0.05, 0) is 12.3 Å². The van der Waals surface area contributed by atoms with Crippen LogP contribution in [-0.4, -0.2) is 9.52 Å². The van der Waals surface area contributed by atoms with Gasteiger partial charge in [0, 0.05) is 0 Å². The lowest BCUT2D eigenvalue weighted by Gasteiger charge is -2.16. The van der Waals surface area contributed by atoms with Crippen LogP contribution in [0.15, 0.2) is 23.4 Å². The lowest BCUT2D eigenvalue weighted by atomic mass is 10.0. The molecular weight excluding hydrogens is 148 g/mol. The smallest absolute Gasteiger partial charge is 0.0503 e. The lowest BCUT2D eigenvalue weighted by molar-refractivity contribution is 0.597. The fraction of sp³-hybridized carbons (Fsp3) is 0.600. The van der Waals surface area contributed by atoms with E-state index in [1.165, 1.54) is 25.7 Å². The topological polar surface area (TPSA) is 0 Å². The molecule has 0 radical (unpaired) electrons. The van der Waals surface area contributed by atoms with Gasteiger partial charge in [-0.3, -0.25) is 0 Å². The molecule has 0 N–H and O–H groups in total. The van der Waals surface area contributed by atoms with Crippen molar-refractivity contribution in [1.29, 1.82) is 0 Å². The number of hydrogen-bond donors (Lipinski definition) is 0. The summed E-state index contributed by atoms with van der Waals surface area (Å²) in [5.74, 6) is 0.891. The molecule has 0 bridgehead atoms. The van der Waals surface area contributed by atoms with Gasteiger partial charge in [0.2, 0.25) is 0 Å². The quantitative estimate of drug-likeness (QED) is 0.482. The molecule has 2 rings (SSSR count). The maximum Gasteiger partial charge on any atom is 0.0503 e. The van der Waals surface area contributed by atoms with Crippen molar-refractivity contribution in [2.75, 3.05) is 0 Å². The number of hydrogen-bond acceptors (Lipinski definition) is 0. The van der Waals surface area contributed by atoms with E-state index >= 15 is 0 Å². The monoisotopic (exact) mass is 164 g/mol. The molecule has 0 aromatic rings. The van der Waals surface area contributed by atoms with E-state index in [1.807, 2.05) is 5.20 Å². The predicted molar refractivity (Wildman–Crippen MR) is 52.5 cm³/mol. The normalized spacial score (nSPS) is 32.7. The summed E-state index contributed by atoms with van der Waals surface area (Å²) < 4.78 is 0. The highest BCUT2D eigenvalue weighted by atomic mass is 28.2. The van der Waals surface area contributed by atoms with Crippen LogP contribution in [0.4, 0.5) is 0 Å². The highest BCUT2D eigenvalue weighted by molar-refractivity contribution is 6.45. The van der Waals surface area contributed by atoms with Crippen molar-refractivity contribution in [3.8, 4) is 0 Å². The molecule has 2 aliphatic rings. The molecule has 0 saturated carbocycles. The Morgan fingerprint density at radius 3 is 3.27 bits per heavy atom. The van der Waals surface area contributed by atoms with Crippen LogP contribution in [0.25, 0.3) is 0 Å². The van der Waals surface area contributed by atoms with Gasteiger partial charge in [0.1, 0.15) is 0 Å². The van der Waals surface area contributed by atoms with E-state index in [-0.39, 0.29) is 9.52 Å². The Morgan fingerprint density at radius 1 is 1.27 bits per heavy atom. The predicted octanol–water partition coefficient (Wildman–Crippen LogP) is 2.22. The Hall–Kier alpha value is -0.303. The van der Waals surface area contributed by atoms with Crippen LogP contribution in [0.3, 0.4) is 0 Å². The van der Waals surface area contributed by atoms with E-state index in [0.29, 0.717) is 0 Å². The Balaban J connectivity index is 2.02. The first-order valence-electron chi connectivity index (χ1n) is 4.84. The van der Waals surface area contributed by atoms with Crippen LogP contribution in [0.2, 0.25) is 6.04 Å². The molecule has 1 saturated heterocycles. The second kappa shape index (κ2) is 3.40. The molecule has 1 fully saturated rings. The highest BCUT2D eigenvalue weighted by Crippen LogP contribution is 2.27. The van der Waals surface area contributed by atoms with Crippen LogP contribution in [0, 0.1) is 5.92 Å². The summed E-state index contributed by atoms with van der Waals surface area (Å²) in [5, 5.41) is 1.84. The molecule has 0 nitrogen and oxygen atoms in total. The second-order valence-corrected chi connectivity index (χ2v) is 5.71. The summed E-state index contributed by atoms with van der Waals surface area (Å²) in [4.78, 5) is 0. The standard InChI is InChI=1S/C10H16Si/c1-2-5-9-6-4-7-10(9)11-8-3-1/h4,6-7,9H,1-3,5,8,11H2. The first-order valence-corrected chi connectivity index (χ1v) is 6.55. The van der Waals surface area contributed by atoms with Gasteiger partial charge in [0.25, 0.3) is 0 Å². The molecule has 60 valence electrons. The van der Waals surface area contributed by atoms with Gasteiger partial charge in [0.05, 0.1) is 9.52 Å². The molecule has 1 aliphatic heterocycles. The summed E-state index contributed by atoms with van der Waals surface area (Å²) >= 11 is 0. The van der Waals surface area contributed by atoms with Gasteiger partial charge >= 0.3 is 0 Å². The van der Waals surface area contributed by atoms with Crippen molar-refractivity contribution in [3.63, 3.8) is 0 Å². The molecule has 1 heterocycles. The lowest BCUT2D eigenvalue weighted by Crippen LogP contribution is -2.08. The van der Waals surface area contributed by atoms with Crippen molar-refractivity contribution >= 4 is 9.52 Å². The first-order chi connectivity index (χ1) is 5.47. The van der Waals surface area contributed by atoms with Crippen molar-refractivity contribution in [2.45, 2.75) is 31.7 Å².